The Labute approximate surface area is 111 Å². The first kappa shape index (κ1) is 14.7. The first-order chi connectivity index (χ1) is 8.93. The maximum absolute atomic E-state index is 11.6. The summed E-state index contributed by atoms with van der Waals surface area (Å²) in [5, 5.41) is 4.96. The van der Waals surface area contributed by atoms with Crippen molar-refractivity contribution < 1.29 is 19.1 Å². The summed E-state index contributed by atoms with van der Waals surface area (Å²) in [5.41, 5.74) is 0.973. The molecule has 1 atom stereocenters. The second-order valence-electron chi connectivity index (χ2n) is 3.98. The summed E-state index contributed by atoms with van der Waals surface area (Å²) in [7, 11) is 1.24. The molecule has 0 heterocycles. The highest BCUT2D eigenvalue weighted by atomic mass is 16.5. The van der Waals surface area contributed by atoms with E-state index in [9.17, 15) is 14.4 Å². The summed E-state index contributed by atoms with van der Waals surface area (Å²) in [6.07, 6.45) is 0. The molecule has 0 fully saturated rings. The second-order valence-corrected chi connectivity index (χ2v) is 3.98. The molecule has 6 heteroatoms. The van der Waals surface area contributed by atoms with Gasteiger partial charge in [-0.05, 0) is 26.0 Å². The number of nitrogens with one attached hydrogen (secondary N) is 2. The normalized spacial score (nSPS) is 11.3. The summed E-state index contributed by atoms with van der Waals surface area (Å²) < 4.78 is 4.49. The molecule has 0 spiro atoms. The van der Waals surface area contributed by atoms with Crippen LogP contribution in [0.25, 0.3) is 0 Å². The molecule has 1 aromatic rings. The molecular formula is C13H16N2O4. The van der Waals surface area contributed by atoms with Crippen LogP contribution >= 0.6 is 0 Å². The molecule has 1 rings (SSSR count). The van der Waals surface area contributed by atoms with E-state index in [-0.39, 0.29) is 5.78 Å². The lowest BCUT2D eigenvalue weighted by molar-refractivity contribution is -0.142. The highest BCUT2D eigenvalue weighted by molar-refractivity contribution is 5.97. The molecule has 1 unspecified atom stereocenters. The van der Waals surface area contributed by atoms with Crippen molar-refractivity contribution in [2.24, 2.45) is 0 Å². The van der Waals surface area contributed by atoms with Crippen LogP contribution in [0.15, 0.2) is 24.3 Å². The number of esters is 1. The minimum absolute atomic E-state index is 0.0908. The predicted octanol–water partition coefficient (Wildman–Crippen LogP) is 1.57. The fraction of sp³-hybridized carbons (Fsp3) is 0.308. The van der Waals surface area contributed by atoms with Crippen molar-refractivity contribution in [1.82, 2.24) is 5.32 Å². The van der Waals surface area contributed by atoms with Crippen molar-refractivity contribution in [3.05, 3.63) is 29.8 Å². The molecule has 6 nitrogen and oxygen atoms in total. The third-order valence-corrected chi connectivity index (χ3v) is 2.43. The van der Waals surface area contributed by atoms with Crippen LogP contribution in [0.5, 0.6) is 0 Å². The van der Waals surface area contributed by atoms with Crippen LogP contribution in [0.4, 0.5) is 10.5 Å². The van der Waals surface area contributed by atoms with Gasteiger partial charge in [0.25, 0.3) is 0 Å². The lowest BCUT2D eigenvalue weighted by atomic mass is 10.1. The first-order valence-corrected chi connectivity index (χ1v) is 5.70. The van der Waals surface area contributed by atoms with Gasteiger partial charge in [0.1, 0.15) is 6.04 Å². The molecule has 0 aliphatic heterocycles. The number of hydrogen-bond donors (Lipinski definition) is 2. The number of hydrogen-bond acceptors (Lipinski definition) is 4. The molecule has 2 amide bonds. The van der Waals surface area contributed by atoms with E-state index in [4.69, 9.17) is 0 Å². The van der Waals surface area contributed by atoms with Crippen molar-refractivity contribution >= 4 is 23.5 Å². The zero-order valence-corrected chi connectivity index (χ0v) is 11.0. The summed E-state index contributed by atoms with van der Waals surface area (Å²) in [6.45, 7) is 2.95. The second kappa shape index (κ2) is 6.53. The Kier molecular flexibility index (Phi) is 5.05. The van der Waals surface area contributed by atoms with Crippen LogP contribution in [-0.4, -0.2) is 30.9 Å². The Balaban J connectivity index is 2.64. The maximum atomic E-state index is 11.6. The average Bonchev–Trinajstić information content (AvgIpc) is 2.37. The summed E-state index contributed by atoms with van der Waals surface area (Å²) in [5.74, 6) is -0.625. The van der Waals surface area contributed by atoms with Gasteiger partial charge in [-0.2, -0.15) is 0 Å². The largest absolute Gasteiger partial charge is 0.467 e. The molecule has 1 aromatic carbocycles. The van der Waals surface area contributed by atoms with E-state index >= 15 is 0 Å². The van der Waals surface area contributed by atoms with Crippen LogP contribution in [-0.2, 0) is 9.53 Å². The topological polar surface area (TPSA) is 84.5 Å². The lowest BCUT2D eigenvalue weighted by Crippen LogP contribution is -2.41. The maximum Gasteiger partial charge on any atom is 0.328 e. The minimum Gasteiger partial charge on any atom is -0.467 e. The average molecular weight is 264 g/mol. The minimum atomic E-state index is -0.749. The van der Waals surface area contributed by atoms with Crippen LogP contribution < -0.4 is 10.6 Å². The molecule has 0 saturated carbocycles. The van der Waals surface area contributed by atoms with Gasteiger partial charge >= 0.3 is 12.0 Å². The van der Waals surface area contributed by atoms with Crippen LogP contribution in [0.1, 0.15) is 24.2 Å². The Hall–Kier alpha value is -2.37. The molecule has 102 valence electrons. The Morgan fingerprint density at radius 2 is 1.95 bits per heavy atom. The van der Waals surface area contributed by atoms with Crippen LogP contribution in [0.2, 0.25) is 0 Å². The van der Waals surface area contributed by atoms with Gasteiger partial charge in [-0.1, -0.05) is 12.1 Å². The molecular weight excluding hydrogens is 248 g/mol. The number of benzene rings is 1. The van der Waals surface area contributed by atoms with Gasteiger partial charge in [0.05, 0.1) is 7.11 Å². The van der Waals surface area contributed by atoms with E-state index < -0.39 is 18.0 Å². The van der Waals surface area contributed by atoms with Gasteiger partial charge in [0, 0.05) is 11.3 Å². The number of Topliss-reactive ketones (excluding diaryl/α,β-unsaturated/α-hetero) is 1. The van der Waals surface area contributed by atoms with E-state index in [0.717, 1.165) is 0 Å². The van der Waals surface area contributed by atoms with Crippen LogP contribution in [0.3, 0.4) is 0 Å². The molecule has 0 aliphatic rings. The quantitative estimate of drug-likeness (QED) is 0.638. The van der Waals surface area contributed by atoms with Gasteiger partial charge in [0.2, 0.25) is 0 Å². The molecule has 0 bridgehead atoms. The number of amides is 2. The highest BCUT2D eigenvalue weighted by Gasteiger charge is 2.15. The molecule has 19 heavy (non-hydrogen) atoms. The first-order valence-electron chi connectivity index (χ1n) is 5.70. The number of carbonyl (C=O) groups excluding carboxylic acids is 3. The van der Waals surface area contributed by atoms with Crippen LogP contribution in [0, 0.1) is 0 Å². The van der Waals surface area contributed by atoms with E-state index in [1.807, 2.05) is 0 Å². The fourth-order valence-electron chi connectivity index (χ4n) is 1.42. The highest BCUT2D eigenvalue weighted by Crippen LogP contribution is 2.11. The molecule has 0 saturated heterocycles. The smallest absolute Gasteiger partial charge is 0.328 e. The number of rotatable bonds is 4. The number of methoxy groups -OCH3 is 1. The Bertz CT molecular complexity index is 499. The van der Waals surface area contributed by atoms with E-state index in [0.29, 0.717) is 11.3 Å². The Morgan fingerprint density at radius 3 is 2.53 bits per heavy atom. The van der Waals surface area contributed by atoms with Gasteiger partial charge in [-0.3, -0.25) is 4.79 Å². The number of anilines is 1. The van der Waals surface area contributed by atoms with Gasteiger partial charge in [-0.15, -0.1) is 0 Å². The summed E-state index contributed by atoms with van der Waals surface area (Å²) in [4.78, 5) is 33.9. The third kappa shape index (κ3) is 4.42. The number of urea groups is 1. The van der Waals surface area contributed by atoms with Crippen molar-refractivity contribution in [3.63, 3.8) is 0 Å². The van der Waals surface area contributed by atoms with E-state index in [1.54, 1.807) is 24.3 Å². The summed E-state index contributed by atoms with van der Waals surface area (Å²) in [6, 6.07) is 5.23. The van der Waals surface area contributed by atoms with Crippen molar-refractivity contribution in [2.45, 2.75) is 19.9 Å². The summed E-state index contributed by atoms with van der Waals surface area (Å²) >= 11 is 0. The standard InChI is InChI=1S/C13H16N2O4/c1-8(12(17)19-3)14-13(18)15-11-6-4-5-10(7-11)9(2)16/h4-8H,1-3H3,(H2,14,15,18). The van der Waals surface area contributed by atoms with Gasteiger partial charge in [-0.25, -0.2) is 9.59 Å². The number of ketones is 1. The van der Waals surface area contributed by atoms with Gasteiger partial charge < -0.3 is 15.4 Å². The Morgan fingerprint density at radius 1 is 1.26 bits per heavy atom. The fourth-order valence-corrected chi connectivity index (χ4v) is 1.42. The molecule has 0 radical (unpaired) electrons. The zero-order chi connectivity index (χ0) is 14.4. The molecule has 0 aliphatic carbocycles. The van der Waals surface area contributed by atoms with Crippen molar-refractivity contribution in [2.75, 3.05) is 12.4 Å². The molecule has 0 aromatic heterocycles. The zero-order valence-electron chi connectivity index (χ0n) is 11.0. The number of carbonyl (C=O) groups is 3. The SMILES string of the molecule is COC(=O)C(C)NC(=O)Nc1cccc(C(C)=O)c1. The third-order valence-electron chi connectivity index (χ3n) is 2.43. The lowest BCUT2D eigenvalue weighted by Gasteiger charge is -2.12. The monoisotopic (exact) mass is 264 g/mol. The van der Waals surface area contributed by atoms with E-state index in [2.05, 4.69) is 15.4 Å². The predicted molar refractivity (Wildman–Crippen MR) is 70.1 cm³/mol. The molecule has 2 N–H and O–H groups in total. The van der Waals surface area contributed by atoms with E-state index in [1.165, 1.54) is 21.0 Å². The number of ether oxygens (including phenoxy) is 1. The van der Waals surface area contributed by atoms with Crippen molar-refractivity contribution in [3.8, 4) is 0 Å². The van der Waals surface area contributed by atoms with Gasteiger partial charge in [0.15, 0.2) is 5.78 Å². The van der Waals surface area contributed by atoms with Crippen molar-refractivity contribution in [1.29, 1.82) is 0 Å².